The minimum absolute atomic E-state index is 0.555. The summed E-state index contributed by atoms with van der Waals surface area (Å²) in [5.74, 6) is 1.83. The third-order valence-electron chi connectivity index (χ3n) is 5.55. The second-order valence-corrected chi connectivity index (χ2v) is 7.73. The van der Waals surface area contributed by atoms with E-state index in [0.29, 0.717) is 5.41 Å². The first kappa shape index (κ1) is 21.5. The van der Waals surface area contributed by atoms with Crippen molar-refractivity contribution in [2.75, 3.05) is 0 Å². The number of hydrogen-bond donors (Lipinski definition) is 0. The van der Waals surface area contributed by atoms with Crippen LogP contribution in [0.4, 0.5) is 0 Å². The van der Waals surface area contributed by atoms with Crippen LogP contribution in [0, 0.1) is 17.3 Å². The molecular weight excluding hydrogens is 264 g/mol. The Balaban J connectivity index is 0.00000211. The van der Waals surface area contributed by atoms with Crippen LogP contribution in [-0.2, 0) is 0 Å². The lowest BCUT2D eigenvalue weighted by molar-refractivity contribution is 0.0767. The molecule has 1 rings (SSSR count). The minimum Gasteiger partial charge on any atom is -0.0887 e. The predicted octanol–water partition coefficient (Wildman–Crippen LogP) is 7.95. The summed E-state index contributed by atoms with van der Waals surface area (Å²) in [7, 11) is 0. The lowest BCUT2D eigenvalue weighted by atomic mass is 9.62. The van der Waals surface area contributed by atoms with Crippen LogP contribution in [0.5, 0.6) is 0 Å². The van der Waals surface area contributed by atoms with Crippen LogP contribution >= 0.6 is 0 Å². The highest BCUT2D eigenvalue weighted by molar-refractivity contribution is 5.03. The Labute approximate surface area is 141 Å². The molecule has 0 aromatic carbocycles. The summed E-state index contributed by atoms with van der Waals surface area (Å²) in [4.78, 5) is 0. The molecule has 0 radical (unpaired) electrons. The molecule has 2 unspecified atom stereocenters. The smallest absolute Gasteiger partial charge is 0.0288 e. The lowest BCUT2D eigenvalue weighted by Gasteiger charge is -2.43. The normalized spacial score (nSPS) is 25.5. The lowest BCUT2D eigenvalue weighted by Crippen LogP contribution is -2.33. The quantitative estimate of drug-likeness (QED) is 0.437. The Hall–Kier alpha value is -0.520. The van der Waals surface area contributed by atoms with Gasteiger partial charge in [0.15, 0.2) is 0 Å². The number of rotatable bonds is 6. The van der Waals surface area contributed by atoms with Gasteiger partial charge in [-0.25, -0.2) is 0 Å². The van der Waals surface area contributed by atoms with Gasteiger partial charge < -0.3 is 0 Å². The maximum Gasteiger partial charge on any atom is -0.0288 e. The topological polar surface area (TPSA) is 0 Å². The molecule has 1 saturated carbocycles. The standard InChI is InChI=1S/C20H36.C2H6/c1-7-16(2)10-8-11-17(3)13-14-19-18(4)12-9-15-20(19,5)6;1-2/h7,11,18-19H,8-10,12-15H2,1-6H3;1-2H3/b16-7+,17-11+;. The molecule has 1 fully saturated rings. The van der Waals surface area contributed by atoms with Crippen LogP contribution in [-0.4, -0.2) is 0 Å². The highest BCUT2D eigenvalue weighted by atomic mass is 14.4. The van der Waals surface area contributed by atoms with Crippen LogP contribution in [0.25, 0.3) is 0 Å². The predicted molar refractivity (Wildman–Crippen MR) is 103 cm³/mol. The molecule has 2 atom stereocenters. The fourth-order valence-electron chi connectivity index (χ4n) is 3.89. The van der Waals surface area contributed by atoms with Crippen LogP contribution in [0.2, 0.25) is 0 Å². The Bertz CT molecular complexity index is 343. The maximum absolute atomic E-state index is 2.49. The molecule has 0 heterocycles. The summed E-state index contributed by atoms with van der Waals surface area (Å²) in [5.41, 5.74) is 3.66. The van der Waals surface area contributed by atoms with E-state index in [2.05, 4.69) is 53.7 Å². The Kier molecular flexibility index (Phi) is 10.8. The van der Waals surface area contributed by atoms with Crippen molar-refractivity contribution >= 4 is 0 Å². The van der Waals surface area contributed by atoms with Crippen molar-refractivity contribution in [1.29, 1.82) is 0 Å². The van der Waals surface area contributed by atoms with E-state index >= 15 is 0 Å². The first-order valence-corrected chi connectivity index (χ1v) is 9.64. The zero-order valence-electron chi connectivity index (χ0n) is 16.8. The third kappa shape index (κ3) is 7.65. The second kappa shape index (κ2) is 11.1. The van der Waals surface area contributed by atoms with Gasteiger partial charge in [0.2, 0.25) is 0 Å². The van der Waals surface area contributed by atoms with E-state index < -0.39 is 0 Å². The van der Waals surface area contributed by atoms with Gasteiger partial charge in [-0.05, 0) is 70.1 Å². The van der Waals surface area contributed by atoms with Crippen LogP contribution in [0.3, 0.4) is 0 Å². The van der Waals surface area contributed by atoms with Crippen molar-refractivity contribution in [1.82, 2.24) is 0 Å². The van der Waals surface area contributed by atoms with Gasteiger partial charge >= 0.3 is 0 Å². The number of hydrogen-bond acceptors (Lipinski definition) is 0. The summed E-state index contributed by atoms with van der Waals surface area (Å²) in [6.45, 7) is 18.1. The van der Waals surface area contributed by atoms with Gasteiger partial charge in [-0.3, -0.25) is 0 Å². The average Bonchev–Trinajstić information content (AvgIpc) is 2.48. The Morgan fingerprint density at radius 3 is 2.27 bits per heavy atom. The first-order valence-electron chi connectivity index (χ1n) is 9.64. The van der Waals surface area contributed by atoms with Gasteiger partial charge in [-0.2, -0.15) is 0 Å². The van der Waals surface area contributed by atoms with Gasteiger partial charge in [0.05, 0.1) is 0 Å². The largest absolute Gasteiger partial charge is 0.0887 e. The van der Waals surface area contributed by atoms with Crippen molar-refractivity contribution in [3.05, 3.63) is 23.3 Å². The van der Waals surface area contributed by atoms with E-state index in [-0.39, 0.29) is 0 Å². The van der Waals surface area contributed by atoms with E-state index in [1.165, 1.54) is 50.5 Å². The van der Waals surface area contributed by atoms with E-state index in [9.17, 15) is 0 Å². The van der Waals surface area contributed by atoms with E-state index in [1.54, 1.807) is 5.57 Å². The molecule has 0 heteroatoms. The molecule has 22 heavy (non-hydrogen) atoms. The second-order valence-electron chi connectivity index (χ2n) is 7.73. The molecule has 0 spiro atoms. The van der Waals surface area contributed by atoms with Crippen LogP contribution in [0.1, 0.15) is 100 Å². The molecule has 0 aromatic heterocycles. The van der Waals surface area contributed by atoms with Crippen LogP contribution in [0.15, 0.2) is 23.3 Å². The fourth-order valence-corrected chi connectivity index (χ4v) is 3.89. The average molecular weight is 307 g/mol. The van der Waals surface area contributed by atoms with Gasteiger partial charge in [-0.15, -0.1) is 0 Å². The highest BCUT2D eigenvalue weighted by Gasteiger charge is 2.36. The molecule has 0 saturated heterocycles. The Morgan fingerprint density at radius 1 is 1.09 bits per heavy atom. The zero-order valence-corrected chi connectivity index (χ0v) is 16.8. The molecule has 0 amide bonds. The molecular formula is C22H42. The molecule has 0 nitrogen and oxygen atoms in total. The van der Waals surface area contributed by atoms with Gasteiger partial charge in [0.25, 0.3) is 0 Å². The van der Waals surface area contributed by atoms with Gasteiger partial charge in [0.1, 0.15) is 0 Å². The van der Waals surface area contributed by atoms with E-state index in [1.807, 2.05) is 13.8 Å². The fraction of sp³-hybridized carbons (Fsp3) is 0.818. The van der Waals surface area contributed by atoms with Crippen LogP contribution < -0.4 is 0 Å². The summed E-state index contributed by atoms with van der Waals surface area (Å²) in [5, 5.41) is 0. The Morgan fingerprint density at radius 2 is 1.73 bits per heavy atom. The molecule has 1 aliphatic carbocycles. The minimum atomic E-state index is 0.555. The summed E-state index contributed by atoms with van der Waals surface area (Å²) in [6, 6.07) is 0. The van der Waals surface area contributed by atoms with E-state index in [0.717, 1.165) is 11.8 Å². The van der Waals surface area contributed by atoms with E-state index in [4.69, 9.17) is 0 Å². The number of allylic oxidation sites excluding steroid dienone is 4. The van der Waals surface area contributed by atoms with Gasteiger partial charge in [0, 0.05) is 0 Å². The SMILES string of the molecule is C/C=C(\C)CC/C=C(\C)CCC1C(C)CCCC1(C)C.CC. The molecule has 0 N–H and O–H groups in total. The third-order valence-corrected chi connectivity index (χ3v) is 5.55. The monoisotopic (exact) mass is 306 g/mol. The summed E-state index contributed by atoms with van der Waals surface area (Å²) in [6.07, 6.45) is 14.1. The van der Waals surface area contributed by atoms with Crippen molar-refractivity contribution in [3.63, 3.8) is 0 Å². The maximum atomic E-state index is 2.49. The molecule has 130 valence electrons. The first-order chi connectivity index (χ1) is 10.4. The molecule has 0 aromatic rings. The van der Waals surface area contributed by atoms with Crippen molar-refractivity contribution in [2.45, 2.75) is 100 Å². The zero-order chi connectivity index (χ0) is 17.2. The molecule has 0 aliphatic heterocycles. The summed E-state index contributed by atoms with van der Waals surface area (Å²) < 4.78 is 0. The van der Waals surface area contributed by atoms with Gasteiger partial charge in [-0.1, -0.05) is 70.8 Å². The highest BCUT2D eigenvalue weighted by Crippen LogP contribution is 2.46. The van der Waals surface area contributed by atoms with Crippen molar-refractivity contribution in [3.8, 4) is 0 Å². The van der Waals surface area contributed by atoms with Crippen molar-refractivity contribution < 1.29 is 0 Å². The summed E-state index contributed by atoms with van der Waals surface area (Å²) >= 11 is 0. The molecule has 1 aliphatic rings. The molecule has 0 bridgehead atoms. The van der Waals surface area contributed by atoms with Crippen molar-refractivity contribution in [2.24, 2.45) is 17.3 Å².